The Morgan fingerprint density at radius 3 is 2.53 bits per heavy atom. The molecule has 1 rings (SSSR count). The van der Waals surface area contributed by atoms with Crippen LogP contribution in [0.3, 0.4) is 0 Å². The Labute approximate surface area is 102 Å². The van der Waals surface area contributed by atoms with Gasteiger partial charge in [0, 0.05) is 0 Å². The monoisotopic (exact) mass is 243 g/mol. The fraction of sp³-hybridized carbons (Fsp3) is 0.833. The number of ether oxygens (including phenoxy) is 1. The summed E-state index contributed by atoms with van der Waals surface area (Å²) in [5, 5.41) is 11.9. The molecule has 0 aromatic heterocycles. The third-order valence-corrected chi connectivity index (χ3v) is 3.35. The Kier molecular flexibility index (Phi) is 4.37. The zero-order valence-electron chi connectivity index (χ0n) is 10.7. The minimum Gasteiger partial charge on any atom is -0.479 e. The van der Waals surface area contributed by atoms with Gasteiger partial charge in [-0.2, -0.15) is 0 Å². The molecule has 0 saturated heterocycles. The second kappa shape index (κ2) is 5.38. The van der Waals surface area contributed by atoms with Crippen molar-refractivity contribution in [2.45, 2.75) is 58.1 Å². The maximum Gasteiger partial charge on any atom is 0.408 e. The number of nitrogens with one attached hydrogen (secondary N) is 1. The molecule has 1 aliphatic carbocycles. The molecule has 0 radical (unpaired) electrons. The maximum atomic E-state index is 11.6. The summed E-state index contributed by atoms with van der Waals surface area (Å²) >= 11 is 0. The van der Waals surface area contributed by atoms with E-state index in [1.807, 2.05) is 6.92 Å². The maximum absolute atomic E-state index is 11.6. The molecule has 1 aliphatic rings. The summed E-state index contributed by atoms with van der Waals surface area (Å²) in [5.41, 5.74) is -1.16. The first-order valence-electron chi connectivity index (χ1n) is 6.10. The van der Waals surface area contributed by atoms with Crippen molar-refractivity contribution in [2.24, 2.45) is 5.92 Å². The number of carbonyl (C=O) groups excluding carboxylic acids is 1. The first-order valence-corrected chi connectivity index (χ1v) is 6.10. The number of aliphatic carboxylic acids is 1. The first kappa shape index (κ1) is 13.8. The summed E-state index contributed by atoms with van der Waals surface area (Å²) in [4.78, 5) is 23.0. The fourth-order valence-corrected chi connectivity index (χ4v) is 2.33. The summed E-state index contributed by atoms with van der Waals surface area (Å²) in [6.07, 6.45) is 2.22. The van der Waals surface area contributed by atoms with Crippen molar-refractivity contribution >= 4 is 12.1 Å². The van der Waals surface area contributed by atoms with Crippen LogP contribution in [0, 0.1) is 5.92 Å². The Morgan fingerprint density at radius 1 is 1.41 bits per heavy atom. The number of hydrogen-bond donors (Lipinski definition) is 2. The van der Waals surface area contributed by atoms with E-state index in [1.54, 1.807) is 13.8 Å². The van der Waals surface area contributed by atoms with Crippen molar-refractivity contribution in [3.63, 3.8) is 0 Å². The van der Waals surface area contributed by atoms with E-state index in [0.29, 0.717) is 6.42 Å². The van der Waals surface area contributed by atoms with Gasteiger partial charge in [-0.1, -0.05) is 19.8 Å². The smallest absolute Gasteiger partial charge is 0.408 e. The highest BCUT2D eigenvalue weighted by Gasteiger charge is 2.46. The van der Waals surface area contributed by atoms with Crippen LogP contribution < -0.4 is 5.32 Å². The topological polar surface area (TPSA) is 75.6 Å². The van der Waals surface area contributed by atoms with Crippen molar-refractivity contribution in [1.29, 1.82) is 0 Å². The normalized spacial score (nSPS) is 28.8. The van der Waals surface area contributed by atoms with Gasteiger partial charge in [0.1, 0.15) is 5.54 Å². The Bertz CT molecular complexity index is 303. The predicted molar refractivity (Wildman–Crippen MR) is 62.8 cm³/mol. The Balaban J connectivity index is 2.78. The third-order valence-electron chi connectivity index (χ3n) is 3.35. The summed E-state index contributed by atoms with van der Waals surface area (Å²) < 4.78 is 4.96. The molecule has 0 aliphatic heterocycles. The number of rotatable bonds is 3. The molecule has 17 heavy (non-hydrogen) atoms. The molecule has 1 amide bonds. The second-order valence-electron chi connectivity index (χ2n) is 5.00. The van der Waals surface area contributed by atoms with Crippen LogP contribution in [-0.4, -0.2) is 28.8 Å². The van der Waals surface area contributed by atoms with Crippen LogP contribution in [0.1, 0.15) is 46.5 Å². The molecule has 1 saturated carbocycles. The van der Waals surface area contributed by atoms with Gasteiger partial charge in [-0.15, -0.1) is 0 Å². The molecule has 2 atom stereocenters. The quantitative estimate of drug-likeness (QED) is 0.796. The lowest BCUT2D eigenvalue weighted by atomic mass is 9.73. The molecule has 0 heterocycles. The summed E-state index contributed by atoms with van der Waals surface area (Å²) in [6, 6.07) is 0. The number of carboxylic acids is 1. The highest BCUT2D eigenvalue weighted by atomic mass is 16.6. The third kappa shape index (κ3) is 3.11. The Morgan fingerprint density at radius 2 is 2.06 bits per heavy atom. The zero-order chi connectivity index (χ0) is 13.1. The van der Waals surface area contributed by atoms with Gasteiger partial charge in [0.15, 0.2) is 0 Å². The standard InChI is InChI=1S/C12H21NO4/c1-8(2)17-11(16)13-12(10(14)15)7-5-4-6-9(12)3/h8-9H,4-7H2,1-3H3,(H,13,16)(H,14,15). The summed E-state index contributed by atoms with van der Waals surface area (Å²) in [5.74, 6) is -1.04. The highest BCUT2D eigenvalue weighted by molar-refractivity contribution is 5.84. The van der Waals surface area contributed by atoms with Crippen LogP contribution in [0.5, 0.6) is 0 Å². The molecule has 0 spiro atoms. The van der Waals surface area contributed by atoms with Gasteiger partial charge in [-0.3, -0.25) is 0 Å². The Hall–Kier alpha value is -1.26. The van der Waals surface area contributed by atoms with E-state index in [4.69, 9.17) is 4.74 Å². The van der Waals surface area contributed by atoms with Gasteiger partial charge in [0.05, 0.1) is 6.10 Å². The molecule has 5 heteroatoms. The van der Waals surface area contributed by atoms with Crippen LogP contribution in [0.15, 0.2) is 0 Å². The number of hydrogen-bond acceptors (Lipinski definition) is 3. The van der Waals surface area contributed by atoms with E-state index >= 15 is 0 Å². The van der Waals surface area contributed by atoms with Crippen molar-refractivity contribution in [1.82, 2.24) is 5.32 Å². The van der Waals surface area contributed by atoms with Crippen LogP contribution in [0.4, 0.5) is 4.79 Å². The van der Waals surface area contributed by atoms with Crippen molar-refractivity contribution in [2.75, 3.05) is 0 Å². The van der Waals surface area contributed by atoms with E-state index in [1.165, 1.54) is 0 Å². The molecule has 98 valence electrons. The summed E-state index contributed by atoms with van der Waals surface area (Å²) in [6.45, 7) is 5.33. The van der Waals surface area contributed by atoms with Crippen molar-refractivity contribution < 1.29 is 19.4 Å². The van der Waals surface area contributed by atoms with Gasteiger partial charge in [0.2, 0.25) is 0 Å². The van der Waals surface area contributed by atoms with E-state index in [2.05, 4.69) is 5.32 Å². The lowest BCUT2D eigenvalue weighted by Crippen LogP contribution is -2.60. The molecular weight excluding hydrogens is 222 g/mol. The molecule has 0 aromatic carbocycles. The number of amides is 1. The van der Waals surface area contributed by atoms with Gasteiger partial charge in [-0.25, -0.2) is 9.59 Å². The van der Waals surface area contributed by atoms with Gasteiger partial charge in [0.25, 0.3) is 0 Å². The average molecular weight is 243 g/mol. The average Bonchev–Trinajstić information content (AvgIpc) is 2.19. The molecular formula is C12H21NO4. The fourth-order valence-electron chi connectivity index (χ4n) is 2.33. The van der Waals surface area contributed by atoms with E-state index in [0.717, 1.165) is 19.3 Å². The van der Waals surface area contributed by atoms with Gasteiger partial charge >= 0.3 is 12.1 Å². The lowest BCUT2D eigenvalue weighted by Gasteiger charge is -2.39. The largest absolute Gasteiger partial charge is 0.479 e. The molecule has 2 unspecified atom stereocenters. The van der Waals surface area contributed by atoms with Crippen molar-refractivity contribution in [3.05, 3.63) is 0 Å². The highest BCUT2D eigenvalue weighted by Crippen LogP contribution is 2.34. The molecule has 1 fully saturated rings. The van der Waals surface area contributed by atoms with Gasteiger partial charge in [-0.05, 0) is 32.6 Å². The predicted octanol–water partition coefficient (Wildman–Crippen LogP) is 2.15. The summed E-state index contributed by atoms with van der Waals surface area (Å²) in [7, 11) is 0. The minimum atomic E-state index is -1.16. The lowest BCUT2D eigenvalue weighted by molar-refractivity contribution is -0.148. The zero-order valence-corrected chi connectivity index (χ0v) is 10.7. The van der Waals surface area contributed by atoms with E-state index in [-0.39, 0.29) is 12.0 Å². The van der Waals surface area contributed by atoms with Crippen LogP contribution >= 0.6 is 0 Å². The van der Waals surface area contributed by atoms with Crippen LogP contribution in [0.2, 0.25) is 0 Å². The number of carbonyl (C=O) groups is 2. The van der Waals surface area contributed by atoms with E-state index in [9.17, 15) is 14.7 Å². The van der Waals surface area contributed by atoms with E-state index < -0.39 is 17.6 Å². The molecule has 5 nitrogen and oxygen atoms in total. The second-order valence-corrected chi connectivity index (χ2v) is 5.00. The SMILES string of the molecule is CC(C)OC(=O)NC1(C(=O)O)CCCCC1C. The molecule has 0 aromatic rings. The van der Waals surface area contributed by atoms with Gasteiger partial charge < -0.3 is 15.2 Å². The number of carboxylic acid groups (broad SMARTS) is 1. The van der Waals surface area contributed by atoms with Crippen LogP contribution in [0.25, 0.3) is 0 Å². The molecule has 2 N–H and O–H groups in total. The minimum absolute atomic E-state index is 0.0755. The van der Waals surface area contributed by atoms with Crippen LogP contribution in [-0.2, 0) is 9.53 Å². The first-order chi connectivity index (χ1) is 7.88. The van der Waals surface area contributed by atoms with Crippen molar-refractivity contribution in [3.8, 4) is 0 Å². The molecule has 0 bridgehead atoms. The number of alkyl carbamates (subject to hydrolysis) is 1.